The predicted octanol–water partition coefficient (Wildman–Crippen LogP) is 2.75. The number of rotatable bonds is 7. The third-order valence-corrected chi connectivity index (χ3v) is 7.84. The lowest BCUT2D eigenvalue weighted by Gasteiger charge is -2.38. The fourth-order valence-electron chi connectivity index (χ4n) is 4.64. The van der Waals surface area contributed by atoms with E-state index in [1.54, 1.807) is 4.31 Å². The summed E-state index contributed by atoms with van der Waals surface area (Å²) < 4.78 is 25.5. The molecule has 168 valence electrons. The zero-order valence-electron chi connectivity index (χ0n) is 18.5. The fourth-order valence-corrected chi connectivity index (χ4v) is 5.87. The van der Waals surface area contributed by atoms with E-state index in [2.05, 4.69) is 27.2 Å². The Morgan fingerprint density at radius 1 is 1.10 bits per heavy atom. The molecule has 0 bridgehead atoms. The average Bonchev–Trinajstić information content (AvgIpc) is 2.74. The van der Waals surface area contributed by atoms with Crippen molar-refractivity contribution in [2.45, 2.75) is 58.0 Å². The maximum atomic E-state index is 12.8. The number of nitrogens with zero attached hydrogens (tertiary/aromatic N) is 3. The molecule has 1 atom stereocenters. The number of piperidine rings is 2. The van der Waals surface area contributed by atoms with Crippen molar-refractivity contribution in [3.8, 4) is 0 Å². The van der Waals surface area contributed by atoms with Crippen LogP contribution < -0.4 is 10.2 Å². The first kappa shape index (κ1) is 23.0. The number of hydrogen-bond donors (Lipinski definition) is 1. The monoisotopic (exact) mass is 436 g/mol. The molecule has 2 fully saturated rings. The SMILES string of the molecule is CCN(C1CCN(C(C)C(=O)Nc2ccc(N3CCCCC3)cc2)CC1)S(C)(=O)=O. The summed E-state index contributed by atoms with van der Waals surface area (Å²) in [6.07, 6.45) is 6.58. The van der Waals surface area contributed by atoms with Crippen molar-refractivity contribution in [1.82, 2.24) is 9.21 Å². The Bertz CT molecular complexity index is 798. The van der Waals surface area contributed by atoms with Gasteiger partial charge in [0.1, 0.15) is 0 Å². The van der Waals surface area contributed by atoms with Crippen LogP contribution in [0.2, 0.25) is 0 Å². The van der Waals surface area contributed by atoms with Crippen LogP contribution in [-0.4, -0.2) is 74.6 Å². The number of nitrogens with one attached hydrogen (secondary N) is 1. The zero-order valence-corrected chi connectivity index (χ0v) is 19.3. The van der Waals surface area contributed by atoms with Gasteiger partial charge in [-0.1, -0.05) is 6.92 Å². The number of amides is 1. The molecule has 0 radical (unpaired) electrons. The number of carbonyl (C=O) groups excluding carboxylic acids is 1. The summed E-state index contributed by atoms with van der Waals surface area (Å²) in [6, 6.07) is 7.90. The standard InChI is InChI=1S/C22H36N4O3S/c1-4-26(30(3,28)29)21-12-16-24(17-13-21)18(2)22(27)23-19-8-10-20(11-9-19)25-14-6-5-7-15-25/h8-11,18,21H,4-7,12-17H2,1-3H3,(H,23,27). The molecule has 2 aliphatic heterocycles. The van der Waals surface area contributed by atoms with Gasteiger partial charge in [0, 0.05) is 50.1 Å². The second-order valence-electron chi connectivity index (χ2n) is 8.49. The number of likely N-dealkylation sites (tertiary alicyclic amines) is 1. The van der Waals surface area contributed by atoms with Crippen molar-refractivity contribution >= 4 is 27.3 Å². The van der Waals surface area contributed by atoms with Crippen molar-refractivity contribution in [2.24, 2.45) is 0 Å². The molecule has 1 amide bonds. The highest BCUT2D eigenvalue weighted by Gasteiger charge is 2.32. The van der Waals surface area contributed by atoms with Gasteiger partial charge < -0.3 is 10.2 Å². The first-order valence-electron chi connectivity index (χ1n) is 11.2. The van der Waals surface area contributed by atoms with Crippen molar-refractivity contribution in [1.29, 1.82) is 0 Å². The van der Waals surface area contributed by atoms with E-state index in [9.17, 15) is 13.2 Å². The minimum atomic E-state index is -3.19. The molecule has 1 unspecified atom stereocenters. The Morgan fingerprint density at radius 2 is 1.70 bits per heavy atom. The van der Waals surface area contributed by atoms with Crippen LogP contribution in [0.5, 0.6) is 0 Å². The highest BCUT2D eigenvalue weighted by Crippen LogP contribution is 2.23. The molecular weight excluding hydrogens is 400 g/mol. The summed E-state index contributed by atoms with van der Waals surface area (Å²) in [5.74, 6) is -0.0189. The minimum absolute atomic E-state index is 0.0189. The molecule has 0 aliphatic carbocycles. The van der Waals surface area contributed by atoms with Crippen LogP contribution in [0.15, 0.2) is 24.3 Å². The Balaban J connectivity index is 1.51. The lowest BCUT2D eigenvalue weighted by molar-refractivity contribution is -0.121. The van der Waals surface area contributed by atoms with Crippen LogP contribution in [-0.2, 0) is 14.8 Å². The van der Waals surface area contributed by atoms with Crippen LogP contribution in [0.3, 0.4) is 0 Å². The Labute approximate surface area is 181 Å². The molecule has 0 spiro atoms. The van der Waals surface area contributed by atoms with Gasteiger partial charge in [-0.05, 0) is 63.3 Å². The van der Waals surface area contributed by atoms with Crippen molar-refractivity contribution in [3.05, 3.63) is 24.3 Å². The normalized spacial score (nSPS) is 20.3. The third-order valence-electron chi connectivity index (χ3n) is 6.43. The van der Waals surface area contributed by atoms with Crippen molar-refractivity contribution in [3.63, 3.8) is 0 Å². The van der Waals surface area contributed by atoms with Gasteiger partial charge in [0.25, 0.3) is 0 Å². The van der Waals surface area contributed by atoms with Gasteiger partial charge in [0.15, 0.2) is 0 Å². The molecule has 2 aliphatic rings. The van der Waals surface area contributed by atoms with Crippen LogP contribution >= 0.6 is 0 Å². The molecule has 8 heteroatoms. The van der Waals surface area contributed by atoms with E-state index in [0.717, 1.165) is 44.7 Å². The molecule has 7 nitrogen and oxygen atoms in total. The van der Waals surface area contributed by atoms with Gasteiger partial charge in [-0.3, -0.25) is 9.69 Å². The van der Waals surface area contributed by atoms with Gasteiger partial charge in [-0.15, -0.1) is 0 Å². The molecule has 30 heavy (non-hydrogen) atoms. The molecule has 1 N–H and O–H groups in total. The number of hydrogen-bond acceptors (Lipinski definition) is 5. The van der Waals surface area contributed by atoms with E-state index in [1.807, 2.05) is 26.0 Å². The van der Waals surface area contributed by atoms with Crippen LogP contribution in [0.1, 0.15) is 46.0 Å². The molecule has 1 aromatic carbocycles. The van der Waals surface area contributed by atoms with Gasteiger partial charge in [0.05, 0.1) is 12.3 Å². The van der Waals surface area contributed by atoms with Gasteiger partial charge in [-0.25, -0.2) is 8.42 Å². The fraction of sp³-hybridized carbons (Fsp3) is 0.682. The smallest absolute Gasteiger partial charge is 0.241 e. The van der Waals surface area contributed by atoms with Crippen LogP contribution in [0.4, 0.5) is 11.4 Å². The first-order valence-corrected chi connectivity index (χ1v) is 13.0. The van der Waals surface area contributed by atoms with Crippen molar-refractivity contribution in [2.75, 3.05) is 49.2 Å². The van der Waals surface area contributed by atoms with E-state index in [0.29, 0.717) is 6.54 Å². The minimum Gasteiger partial charge on any atom is -0.372 e. The lowest BCUT2D eigenvalue weighted by atomic mass is 10.0. The van der Waals surface area contributed by atoms with E-state index in [4.69, 9.17) is 0 Å². The van der Waals surface area contributed by atoms with Crippen LogP contribution in [0.25, 0.3) is 0 Å². The number of carbonyl (C=O) groups is 1. The van der Waals surface area contributed by atoms with E-state index < -0.39 is 10.0 Å². The maximum absolute atomic E-state index is 12.8. The highest BCUT2D eigenvalue weighted by molar-refractivity contribution is 7.88. The summed E-state index contributed by atoms with van der Waals surface area (Å²) in [6.45, 7) is 7.94. The second-order valence-corrected chi connectivity index (χ2v) is 10.4. The summed E-state index contributed by atoms with van der Waals surface area (Å²) in [7, 11) is -3.19. The van der Waals surface area contributed by atoms with E-state index >= 15 is 0 Å². The van der Waals surface area contributed by atoms with Gasteiger partial charge in [0.2, 0.25) is 15.9 Å². The number of anilines is 2. The second kappa shape index (κ2) is 10.1. The highest BCUT2D eigenvalue weighted by atomic mass is 32.2. The summed E-state index contributed by atoms with van der Waals surface area (Å²) in [4.78, 5) is 17.3. The van der Waals surface area contributed by atoms with Gasteiger partial charge in [-0.2, -0.15) is 4.31 Å². The predicted molar refractivity (Wildman–Crippen MR) is 122 cm³/mol. The van der Waals surface area contributed by atoms with E-state index in [-0.39, 0.29) is 18.0 Å². The summed E-state index contributed by atoms with van der Waals surface area (Å²) in [5, 5.41) is 3.03. The van der Waals surface area contributed by atoms with Crippen LogP contribution in [0, 0.1) is 0 Å². The molecule has 0 aromatic heterocycles. The largest absolute Gasteiger partial charge is 0.372 e. The molecule has 2 heterocycles. The van der Waals surface area contributed by atoms with Crippen molar-refractivity contribution < 1.29 is 13.2 Å². The average molecular weight is 437 g/mol. The quantitative estimate of drug-likeness (QED) is 0.712. The molecular formula is C22H36N4O3S. The number of benzene rings is 1. The third kappa shape index (κ3) is 5.74. The summed E-state index contributed by atoms with van der Waals surface area (Å²) in [5.41, 5.74) is 2.03. The first-order chi connectivity index (χ1) is 14.3. The van der Waals surface area contributed by atoms with Gasteiger partial charge >= 0.3 is 0 Å². The Hall–Kier alpha value is -1.64. The molecule has 3 rings (SSSR count). The number of sulfonamides is 1. The summed E-state index contributed by atoms with van der Waals surface area (Å²) >= 11 is 0. The zero-order chi connectivity index (χ0) is 21.7. The Morgan fingerprint density at radius 3 is 2.23 bits per heavy atom. The lowest BCUT2D eigenvalue weighted by Crippen LogP contribution is -2.51. The van der Waals surface area contributed by atoms with E-state index in [1.165, 1.54) is 31.2 Å². The Kier molecular flexibility index (Phi) is 7.76. The molecule has 1 aromatic rings. The topological polar surface area (TPSA) is 73.0 Å². The maximum Gasteiger partial charge on any atom is 0.241 e. The molecule has 0 saturated carbocycles. The molecule has 2 saturated heterocycles.